The Morgan fingerprint density at radius 3 is 2.19 bits per heavy atom. The molecule has 4 nitrogen and oxygen atoms in total. The van der Waals surface area contributed by atoms with Gasteiger partial charge in [-0.1, -0.05) is 94.1 Å². The number of hydrogen-bond donors (Lipinski definition) is 1. The van der Waals surface area contributed by atoms with Crippen LogP contribution in [0.5, 0.6) is 0 Å². The Morgan fingerprint density at radius 1 is 0.968 bits per heavy atom. The molecule has 1 saturated heterocycles. The molecule has 31 heavy (non-hydrogen) atoms. The van der Waals surface area contributed by atoms with E-state index in [0.717, 1.165) is 36.8 Å². The highest BCUT2D eigenvalue weighted by Crippen LogP contribution is 2.40. The van der Waals surface area contributed by atoms with E-state index < -0.39 is 17.7 Å². The van der Waals surface area contributed by atoms with Crippen LogP contribution in [0.25, 0.3) is 5.76 Å². The molecule has 0 aliphatic carbocycles. The molecule has 1 atom stereocenters. The van der Waals surface area contributed by atoms with Gasteiger partial charge in [0.1, 0.15) is 5.76 Å². The quantitative estimate of drug-likeness (QED) is 0.243. The SMILES string of the molecule is CCCCCCN1C(=O)C(=O)/C(=C(/O)c2ccc(C)cc2)[C@H]1c1ccc(C(C)C)cc1. The molecule has 1 aliphatic heterocycles. The van der Waals surface area contributed by atoms with Gasteiger partial charge >= 0.3 is 0 Å². The van der Waals surface area contributed by atoms with E-state index in [1.807, 2.05) is 43.3 Å². The smallest absolute Gasteiger partial charge is 0.295 e. The predicted octanol–water partition coefficient (Wildman–Crippen LogP) is 6.12. The molecule has 0 bridgehead atoms. The number of benzene rings is 2. The molecular weight excluding hydrogens is 386 g/mol. The second-order valence-corrected chi connectivity index (χ2v) is 8.74. The summed E-state index contributed by atoms with van der Waals surface area (Å²) in [5.41, 5.74) is 3.85. The maximum atomic E-state index is 13.0. The van der Waals surface area contributed by atoms with Gasteiger partial charge < -0.3 is 10.0 Å². The van der Waals surface area contributed by atoms with Crippen LogP contribution in [0.1, 0.15) is 80.7 Å². The summed E-state index contributed by atoms with van der Waals surface area (Å²) < 4.78 is 0. The molecule has 1 fully saturated rings. The van der Waals surface area contributed by atoms with Gasteiger partial charge in [0.25, 0.3) is 11.7 Å². The highest BCUT2D eigenvalue weighted by Gasteiger charge is 2.45. The average molecular weight is 420 g/mol. The summed E-state index contributed by atoms with van der Waals surface area (Å²) in [6, 6.07) is 14.8. The molecule has 0 aromatic heterocycles. The van der Waals surface area contributed by atoms with Crippen LogP contribution < -0.4 is 0 Å². The molecule has 0 radical (unpaired) electrons. The van der Waals surface area contributed by atoms with E-state index in [0.29, 0.717) is 18.0 Å². The van der Waals surface area contributed by atoms with Gasteiger partial charge in [-0.25, -0.2) is 0 Å². The van der Waals surface area contributed by atoms with Gasteiger partial charge in [0.15, 0.2) is 0 Å². The van der Waals surface area contributed by atoms with Crippen LogP contribution >= 0.6 is 0 Å². The summed E-state index contributed by atoms with van der Waals surface area (Å²) in [5, 5.41) is 11.1. The molecule has 1 heterocycles. The first-order valence-electron chi connectivity index (χ1n) is 11.3. The Morgan fingerprint density at radius 2 is 1.61 bits per heavy atom. The van der Waals surface area contributed by atoms with Gasteiger partial charge in [-0.2, -0.15) is 0 Å². The second-order valence-electron chi connectivity index (χ2n) is 8.74. The van der Waals surface area contributed by atoms with E-state index in [-0.39, 0.29) is 11.3 Å². The first kappa shape index (κ1) is 22.8. The highest BCUT2D eigenvalue weighted by atomic mass is 16.3. The zero-order valence-corrected chi connectivity index (χ0v) is 19.0. The topological polar surface area (TPSA) is 57.6 Å². The first-order valence-corrected chi connectivity index (χ1v) is 11.3. The fourth-order valence-corrected chi connectivity index (χ4v) is 4.10. The zero-order chi connectivity index (χ0) is 22.5. The number of nitrogens with zero attached hydrogens (tertiary/aromatic N) is 1. The minimum Gasteiger partial charge on any atom is -0.507 e. The van der Waals surface area contributed by atoms with Crippen LogP contribution in [0.15, 0.2) is 54.1 Å². The third kappa shape index (κ3) is 4.90. The second kappa shape index (κ2) is 9.95. The summed E-state index contributed by atoms with van der Waals surface area (Å²) in [5.74, 6) is -0.844. The maximum absolute atomic E-state index is 13.0. The lowest BCUT2D eigenvalue weighted by Gasteiger charge is -2.25. The van der Waals surface area contributed by atoms with Crippen molar-refractivity contribution in [1.82, 2.24) is 4.90 Å². The zero-order valence-electron chi connectivity index (χ0n) is 19.0. The van der Waals surface area contributed by atoms with Crippen molar-refractivity contribution in [3.8, 4) is 0 Å². The van der Waals surface area contributed by atoms with Crippen LogP contribution in [-0.2, 0) is 9.59 Å². The number of aryl methyl sites for hydroxylation is 1. The molecule has 2 aromatic carbocycles. The summed E-state index contributed by atoms with van der Waals surface area (Å²) in [4.78, 5) is 27.6. The summed E-state index contributed by atoms with van der Waals surface area (Å²) >= 11 is 0. The molecule has 1 aliphatic rings. The standard InChI is InChI=1S/C27H33NO3/c1-5-6-7-8-17-28-24(21-15-13-20(14-16-21)18(2)3)23(26(30)27(28)31)25(29)22-11-9-19(4)10-12-22/h9-16,18,24,29H,5-8,17H2,1-4H3/b25-23+/t24-/m1/s1. The van der Waals surface area contributed by atoms with Crippen molar-refractivity contribution in [2.24, 2.45) is 0 Å². The van der Waals surface area contributed by atoms with Crippen LogP contribution in [0.3, 0.4) is 0 Å². The molecule has 1 amide bonds. The number of unbranched alkanes of at least 4 members (excludes halogenated alkanes) is 3. The number of hydrogen-bond acceptors (Lipinski definition) is 3. The number of likely N-dealkylation sites (tertiary alicyclic amines) is 1. The van der Waals surface area contributed by atoms with Gasteiger partial charge in [0, 0.05) is 12.1 Å². The van der Waals surface area contributed by atoms with Gasteiger partial charge in [0.05, 0.1) is 11.6 Å². The maximum Gasteiger partial charge on any atom is 0.295 e. The molecule has 4 heteroatoms. The van der Waals surface area contributed by atoms with Crippen molar-refractivity contribution < 1.29 is 14.7 Å². The third-order valence-corrected chi connectivity index (χ3v) is 6.04. The fourth-order valence-electron chi connectivity index (χ4n) is 4.10. The van der Waals surface area contributed by atoms with Crippen LogP contribution in [0, 0.1) is 6.92 Å². The molecular formula is C27H33NO3. The van der Waals surface area contributed by atoms with E-state index in [4.69, 9.17) is 0 Å². The predicted molar refractivity (Wildman–Crippen MR) is 125 cm³/mol. The lowest BCUT2D eigenvalue weighted by molar-refractivity contribution is -0.139. The Kier molecular flexibility index (Phi) is 7.32. The Balaban J connectivity index is 2.06. The number of carbonyl (C=O) groups excluding carboxylic acids is 2. The van der Waals surface area contributed by atoms with Crippen molar-refractivity contribution in [2.45, 2.75) is 65.3 Å². The number of carbonyl (C=O) groups is 2. The molecule has 0 spiro atoms. The van der Waals surface area contributed by atoms with Gasteiger partial charge in [-0.15, -0.1) is 0 Å². The minimum absolute atomic E-state index is 0.104. The highest BCUT2D eigenvalue weighted by molar-refractivity contribution is 6.46. The molecule has 0 saturated carbocycles. The molecule has 0 unspecified atom stereocenters. The van der Waals surface area contributed by atoms with Crippen molar-refractivity contribution in [1.29, 1.82) is 0 Å². The lowest BCUT2D eigenvalue weighted by Crippen LogP contribution is -2.30. The van der Waals surface area contributed by atoms with E-state index in [1.54, 1.807) is 17.0 Å². The summed E-state index contributed by atoms with van der Waals surface area (Å²) in [6.45, 7) is 8.88. The number of amides is 1. The normalized spacial score (nSPS) is 18.2. The van der Waals surface area contributed by atoms with Gasteiger partial charge in [-0.3, -0.25) is 9.59 Å². The monoisotopic (exact) mass is 419 g/mol. The van der Waals surface area contributed by atoms with Crippen LogP contribution in [-0.4, -0.2) is 28.2 Å². The summed E-state index contributed by atoms with van der Waals surface area (Å²) in [6.07, 6.45) is 4.05. The fraction of sp³-hybridized carbons (Fsp3) is 0.407. The van der Waals surface area contributed by atoms with E-state index in [9.17, 15) is 14.7 Å². The number of rotatable bonds is 8. The van der Waals surface area contributed by atoms with E-state index in [1.165, 1.54) is 5.56 Å². The first-order chi connectivity index (χ1) is 14.8. The molecule has 1 N–H and O–H groups in total. The number of ketones is 1. The number of Topliss-reactive ketones (excluding diaryl/α,β-unsaturated/α-hetero) is 1. The van der Waals surface area contributed by atoms with Crippen molar-refractivity contribution in [3.63, 3.8) is 0 Å². The van der Waals surface area contributed by atoms with Crippen molar-refractivity contribution >= 4 is 17.4 Å². The van der Waals surface area contributed by atoms with Crippen LogP contribution in [0.4, 0.5) is 0 Å². The molecule has 2 aromatic rings. The van der Waals surface area contributed by atoms with Crippen molar-refractivity contribution in [3.05, 3.63) is 76.4 Å². The Bertz CT molecular complexity index is 955. The van der Waals surface area contributed by atoms with E-state index >= 15 is 0 Å². The number of aliphatic hydroxyl groups is 1. The molecule has 3 rings (SSSR count). The van der Waals surface area contributed by atoms with Crippen molar-refractivity contribution in [2.75, 3.05) is 6.54 Å². The van der Waals surface area contributed by atoms with Gasteiger partial charge in [0.2, 0.25) is 0 Å². The van der Waals surface area contributed by atoms with Gasteiger partial charge in [-0.05, 0) is 30.4 Å². The Labute approximate surface area is 185 Å². The third-order valence-electron chi connectivity index (χ3n) is 6.04. The Hall–Kier alpha value is -2.88. The minimum atomic E-state index is -0.605. The van der Waals surface area contributed by atoms with E-state index in [2.05, 4.69) is 20.8 Å². The summed E-state index contributed by atoms with van der Waals surface area (Å²) in [7, 11) is 0. The largest absolute Gasteiger partial charge is 0.507 e. The average Bonchev–Trinajstić information content (AvgIpc) is 3.01. The lowest BCUT2D eigenvalue weighted by atomic mass is 9.93. The van der Waals surface area contributed by atoms with Crippen LogP contribution in [0.2, 0.25) is 0 Å². The number of aliphatic hydroxyl groups excluding tert-OH is 1. The molecule has 164 valence electrons.